The van der Waals surface area contributed by atoms with E-state index in [2.05, 4.69) is 120 Å². The van der Waals surface area contributed by atoms with E-state index in [4.69, 9.17) is 0 Å². The van der Waals surface area contributed by atoms with Gasteiger partial charge in [0.15, 0.2) is 0 Å². The summed E-state index contributed by atoms with van der Waals surface area (Å²) in [6, 6.07) is 29.6. The van der Waals surface area contributed by atoms with Crippen LogP contribution in [0, 0.1) is 11.8 Å². The van der Waals surface area contributed by atoms with Crippen LogP contribution >= 0.6 is 0 Å². The molecule has 5 rings (SSSR count). The maximum atomic E-state index is 2.57. The monoisotopic (exact) mass is 564 g/mol. The summed E-state index contributed by atoms with van der Waals surface area (Å²) in [5.41, 5.74) is 10.6. The molecule has 0 nitrogen and oxygen atoms in total. The second-order valence-electron chi connectivity index (χ2n) is 9.62. The van der Waals surface area contributed by atoms with Gasteiger partial charge in [-0.1, -0.05) is 0 Å². The molecule has 3 aromatic rings. The van der Waals surface area contributed by atoms with Crippen molar-refractivity contribution in [1.82, 2.24) is 0 Å². The molecule has 0 bridgehead atoms. The molecule has 174 valence electrons. The number of fused-ring (bicyclic) bond motifs is 3. The Labute approximate surface area is 225 Å². The first-order valence-corrected chi connectivity index (χ1v) is 15.7. The van der Waals surface area contributed by atoms with Gasteiger partial charge in [-0.05, 0) is 0 Å². The van der Waals surface area contributed by atoms with Gasteiger partial charge in [0.1, 0.15) is 0 Å². The van der Waals surface area contributed by atoms with Crippen molar-refractivity contribution < 1.29 is 46.1 Å². The number of hydrogen-bond donors (Lipinski definition) is 0. The molecule has 0 aliphatic heterocycles. The SMILES string of the molecule is CC1=[C](/[Zr+2](=[C](\C)c2ccccc2)[CH]2c3ccccc3-c3ccccc32)C(C)C=C1C(C)C.[Cl-].[Cl-]. The molecule has 3 heteroatoms. The summed E-state index contributed by atoms with van der Waals surface area (Å²) in [6.45, 7) is 12.0. The minimum absolute atomic E-state index is 0. The van der Waals surface area contributed by atoms with Gasteiger partial charge >= 0.3 is 202 Å². The van der Waals surface area contributed by atoms with E-state index in [9.17, 15) is 0 Å². The third-order valence-electron chi connectivity index (χ3n) is 7.37. The van der Waals surface area contributed by atoms with Crippen LogP contribution < -0.4 is 24.8 Å². The quantitative estimate of drug-likeness (QED) is 0.454. The summed E-state index contributed by atoms with van der Waals surface area (Å²) in [7, 11) is 0. The average molecular weight is 567 g/mol. The Balaban J connectivity index is 0.00000162. The predicted octanol–water partition coefficient (Wildman–Crippen LogP) is 2.13. The van der Waals surface area contributed by atoms with Crippen molar-refractivity contribution in [2.75, 3.05) is 0 Å². The van der Waals surface area contributed by atoms with Crippen LogP contribution in [0.1, 0.15) is 54.9 Å². The molecule has 0 heterocycles. The molecule has 0 radical (unpaired) electrons. The minimum atomic E-state index is -2.38. The Kier molecular flexibility index (Phi) is 8.78. The van der Waals surface area contributed by atoms with Gasteiger partial charge in [-0.15, -0.1) is 0 Å². The molecule has 0 N–H and O–H groups in total. The summed E-state index contributed by atoms with van der Waals surface area (Å²) in [6.07, 6.45) is 2.57. The Bertz CT molecular complexity index is 1240. The number of allylic oxidation sites excluding steroid dienone is 4. The van der Waals surface area contributed by atoms with Crippen LogP contribution in [-0.2, 0) is 21.3 Å². The zero-order valence-corrected chi connectivity index (χ0v) is 24.5. The molecule has 34 heavy (non-hydrogen) atoms. The van der Waals surface area contributed by atoms with E-state index in [1.165, 1.54) is 16.7 Å². The van der Waals surface area contributed by atoms with Crippen LogP contribution in [0.2, 0.25) is 0 Å². The molecular formula is C31H32Cl2Zr. The fourth-order valence-electron chi connectivity index (χ4n) is 5.93. The summed E-state index contributed by atoms with van der Waals surface area (Å²) >= 11 is -2.38. The summed E-state index contributed by atoms with van der Waals surface area (Å²) in [5, 5.41) is 0. The Morgan fingerprint density at radius 1 is 0.765 bits per heavy atom. The topological polar surface area (TPSA) is 0 Å². The Hall–Kier alpha value is -1.53. The van der Waals surface area contributed by atoms with Crippen LogP contribution in [-0.4, -0.2) is 3.21 Å². The zero-order chi connectivity index (χ0) is 22.4. The smallest absolute Gasteiger partial charge is 1.00 e. The second kappa shape index (κ2) is 11.0. The first-order valence-electron chi connectivity index (χ1n) is 11.9. The van der Waals surface area contributed by atoms with Gasteiger partial charge in [0.2, 0.25) is 0 Å². The van der Waals surface area contributed by atoms with E-state index in [0.717, 1.165) is 0 Å². The van der Waals surface area contributed by atoms with Gasteiger partial charge in [-0.3, -0.25) is 0 Å². The van der Waals surface area contributed by atoms with Gasteiger partial charge in [-0.2, -0.15) is 0 Å². The first-order chi connectivity index (χ1) is 15.5. The van der Waals surface area contributed by atoms with E-state index in [-0.39, 0.29) is 24.8 Å². The van der Waals surface area contributed by atoms with Crippen LogP contribution in [0.25, 0.3) is 11.1 Å². The van der Waals surface area contributed by atoms with Gasteiger partial charge < -0.3 is 24.8 Å². The molecule has 0 spiro atoms. The molecule has 3 aromatic carbocycles. The fourth-order valence-corrected chi connectivity index (χ4v) is 15.5. The van der Waals surface area contributed by atoms with Crippen LogP contribution in [0.5, 0.6) is 0 Å². The largest absolute Gasteiger partial charge is 1.00 e. The normalized spacial score (nSPS) is 16.9. The molecule has 1 atom stereocenters. The maximum Gasteiger partial charge on any atom is -1.00 e. The third kappa shape index (κ3) is 4.53. The van der Waals surface area contributed by atoms with Crippen molar-refractivity contribution in [2.24, 2.45) is 11.8 Å². The van der Waals surface area contributed by atoms with Crippen molar-refractivity contribution in [3.05, 3.63) is 116 Å². The van der Waals surface area contributed by atoms with Crippen molar-refractivity contribution in [1.29, 1.82) is 0 Å². The summed E-state index contributed by atoms with van der Waals surface area (Å²) < 4.78 is 4.01. The number of benzene rings is 3. The standard InChI is InChI=1S/C13H9.C10H15.C8H8.2ClH.Zr/c1-3-7-12-10(5-1)9-11-6-2-4-8-13(11)12;1-7(2)10-6-8(3)5-9(10)4;1-2-8-6-4-3-5-7-8;;;/h1-9H;6-8H,1-4H3;3-7H,1H3;2*1H;/q;;;;;+2/p-2. The molecule has 0 saturated heterocycles. The van der Waals surface area contributed by atoms with E-state index < -0.39 is 21.3 Å². The van der Waals surface area contributed by atoms with Gasteiger partial charge in [-0.25, -0.2) is 0 Å². The minimum Gasteiger partial charge on any atom is -1.00 e. The number of rotatable bonds is 4. The van der Waals surface area contributed by atoms with Crippen LogP contribution in [0.4, 0.5) is 0 Å². The molecule has 0 saturated carbocycles. The van der Waals surface area contributed by atoms with E-state index in [0.29, 0.717) is 15.5 Å². The Morgan fingerprint density at radius 2 is 1.26 bits per heavy atom. The van der Waals surface area contributed by atoms with Gasteiger partial charge in [0.25, 0.3) is 0 Å². The summed E-state index contributed by atoms with van der Waals surface area (Å²) in [5.74, 6) is 1.13. The predicted molar refractivity (Wildman–Crippen MR) is 135 cm³/mol. The maximum absolute atomic E-state index is 2.57. The first kappa shape index (κ1) is 27.1. The Morgan fingerprint density at radius 3 is 1.76 bits per heavy atom. The number of halogens is 2. The fraction of sp³-hybridized carbons (Fsp3) is 0.258. The van der Waals surface area contributed by atoms with Gasteiger partial charge in [0, 0.05) is 0 Å². The van der Waals surface area contributed by atoms with Gasteiger partial charge in [0.05, 0.1) is 0 Å². The molecule has 1 unspecified atom stereocenters. The van der Waals surface area contributed by atoms with Crippen LogP contribution in [0.3, 0.4) is 0 Å². The molecular weight excluding hydrogens is 534 g/mol. The van der Waals surface area contributed by atoms with E-state index in [1.54, 1.807) is 28.8 Å². The van der Waals surface area contributed by atoms with Crippen molar-refractivity contribution in [3.8, 4) is 11.1 Å². The molecule has 2 aliphatic rings. The molecule has 0 aromatic heterocycles. The molecule has 0 amide bonds. The average Bonchev–Trinajstić information content (AvgIpc) is 3.30. The van der Waals surface area contributed by atoms with E-state index >= 15 is 0 Å². The van der Waals surface area contributed by atoms with Crippen molar-refractivity contribution >= 4 is 3.21 Å². The van der Waals surface area contributed by atoms with Crippen molar-refractivity contribution in [2.45, 2.75) is 38.2 Å². The third-order valence-corrected chi connectivity index (χ3v) is 16.5. The van der Waals surface area contributed by atoms with Crippen molar-refractivity contribution in [3.63, 3.8) is 0 Å². The molecule has 2 aliphatic carbocycles. The summed E-state index contributed by atoms with van der Waals surface area (Å²) in [4.78, 5) is 0. The van der Waals surface area contributed by atoms with Crippen LogP contribution in [0.15, 0.2) is 99.4 Å². The number of hydrogen-bond acceptors (Lipinski definition) is 0. The van der Waals surface area contributed by atoms with E-state index in [1.807, 2.05) is 0 Å². The zero-order valence-electron chi connectivity index (χ0n) is 20.6. The second-order valence-corrected chi connectivity index (χ2v) is 16.2. The molecule has 0 fully saturated rings.